The third-order valence-electron chi connectivity index (χ3n) is 2.37. The molecule has 0 aliphatic carbocycles. The summed E-state index contributed by atoms with van der Waals surface area (Å²) in [6, 6.07) is 7.45. The van der Waals surface area contributed by atoms with Crippen LogP contribution < -0.4 is 0 Å². The second-order valence-corrected chi connectivity index (χ2v) is 3.93. The Morgan fingerprint density at radius 1 is 1.20 bits per heavy atom. The average molecular weight is 286 g/mol. The van der Waals surface area contributed by atoms with E-state index in [0.717, 1.165) is 6.92 Å². The highest BCUT2D eigenvalue weighted by Crippen LogP contribution is 2.14. The van der Waals surface area contributed by atoms with E-state index in [-0.39, 0.29) is 11.0 Å². The monoisotopic (exact) mass is 286 g/mol. The molecule has 0 radical (unpaired) electrons. The van der Waals surface area contributed by atoms with Crippen molar-refractivity contribution in [2.24, 2.45) is 0 Å². The van der Waals surface area contributed by atoms with E-state index < -0.39 is 29.6 Å². The molecule has 1 rings (SSSR count). The fraction of sp³-hybridized carbons (Fsp3) is 0.250. The number of hydrogen-bond donors (Lipinski definition) is 3. The lowest BCUT2D eigenvalue weighted by Gasteiger charge is -2.23. The standard InChI is InChI=1S/C12H12O7.H2O/c1-12(18,8(13)9(14)15)11(17)19-10(16)7-5-3-2-4-6-7;/h2-6,8,13,18H,1H3,(H,14,15);1H2. The highest BCUT2D eigenvalue weighted by atomic mass is 16.6. The van der Waals surface area contributed by atoms with Gasteiger partial charge in [-0.05, 0) is 19.1 Å². The van der Waals surface area contributed by atoms with Gasteiger partial charge in [0, 0.05) is 0 Å². The predicted molar refractivity (Wildman–Crippen MR) is 64.7 cm³/mol. The van der Waals surface area contributed by atoms with E-state index >= 15 is 0 Å². The lowest BCUT2D eigenvalue weighted by molar-refractivity contribution is -0.180. The quantitative estimate of drug-likeness (QED) is 0.461. The molecule has 8 heteroatoms. The van der Waals surface area contributed by atoms with Gasteiger partial charge >= 0.3 is 17.9 Å². The summed E-state index contributed by atoms with van der Waals surface area (Å²) in [6.07, 6.45) is -2.40. The summed E-state index contributed by atoms with van der Waals surface area (Å²) in [7, 11) is 0. The van der Waals surface area contributed by atoms with E-state index in [1.165, 1.54) is 24.3 Å². The molecule has 0 aromatic heterocycles. The Morgan fingerprint density at radius 2 is 1.70 bits per heavy atom. The van der Waals surface area contributed by atoms with Gasteiger partial charge in [0.05, 0.1) is 5.56 Å². The first kappa shape index (κ1) is 17.7. The van der Waals surface area contributed by atoms with Crippen LogP contribution in [0, 0.1) is 0 Å². The third-order valence-corrected chi connectivity index (χ3v) is 2.37. The lowest BCUT2D eigenvalue weighted by atomic mass is 10.00. The maximum Gasteiger partial charge on any atom is 0.349 e. The molecule has 0 fully saturated rings. The Hall–Kier alpha value is -2.29. The van der Waals surface area contributed by atoms with Crippen molar-refractivity contribution in [1.82, 2.24) is 0 Å². The van der Waals surface area contributed by atoms with Crippen LogP contribution in [0.5, 0.6) is 0 Å². The molecule has 1 aromatic rings. The molecule has 5 N–H and O–H groups in total. The Kier molecular flexibility index (Phi) is 5.98. The highest BCUT2D eigenvalue weighted by molar-refractivity contribution is 6.00. The first-order chi connectivity index (χ1) is 8.76. The van der Waals surface area contributed by atoms with E-state index in [1.807, 2.05) is 0 Å². The van der Waals surface area contributed by atoms with Crippen LogP contribution in [0.3, 0.4) is 0 Å². The van der Waals surface area contributed by atoms with Gasteiger partial charge < -0.3 is 25.5 Å². The molecule has 0 saturated carbocycles. The van der Waals surface area contributed by atoms with Crippen LogP contribution in [0.25, 0.3) is 0 Å². The van der Waals surface area contributed by atoms with Crippen molar-refractivity contribution in [3.63, 3.8) is 0 Å². The second-order valence-electron chi connectivity index (χ2n) is 3.93. The number of ether oxygens (including phenoxy) is 1. The summed E-state index contributed by atoms with van der Waals surface area (Å²) >= 11 is 0. The van der Waals surface area contributed by atoms with Crippen molar-refractivity contribution < 1.29 is 39.9 Å². The second kappa shape index (κ2) is 6.75. The van der Waals surface area contributed by atoms with Crippen LogP contribution in [0.2, 0.25) is 0 Å². The first-order valence-corrected chi connectivity index (χ1v) is 5.21. The van der Waals surface area contributed by atoms with Crippen LogP contribution in [0.15, 0.2) is 30.3 Å². The maximum absolute atomic E-state index is 11.5. The van der Waals surface area contributed by atoms with E-state index in [0.29, 0.717) is 0 Å². The van der Waals surface area contributed by atoms with Crippen molar-refractivity contribution in [1.29, 1.82) is 0 Å². The molecule has 2 atom stereocenters. The van der Waals surface area contributed by atoms with Crippen LogP contribution in [-0.4, -0.2) is 50.4 Å². The highest BCUT2D eigenvalue weighted by Gasteiger charge is 2.45. The molecule has 1 aromatic carbocycles. The average Bonchev–Trinajstić information content (AvgIpc) is 2.38. The molecule has 2 unspecified atom stereocenters. The zero-order valence-corrected chi connectivity index (χ0v) is 10.4. The number of hydrogen-bond acceptors (Lipinski definition) is 6. The molecule has 0 bridgehead atoms. The van der Waals surface area contributed by atoms with Gasteiger partial charge in [0.25, 0.3) is 0 Å². The van der Waals surface area contributed by atoms with E-state index in [9.17, 15) is 19.5 Å². The van der Waals surface area contributed by atoms with Gasteiger partial charge in [-0.2, -0.15) is 0 Å². The molecule has 0 aliphatic heterocycles. The minimum atomic E-state index is -2.73. The molecule has 0 heterocycles. The number of carboxylic acid groups (broad SMARTS) is 1. The van der Waals surface area contributed by atoms with Gasteiger partial charge in [-0.3, -0.25) is 0 Å². The fourth-order valence-corrected chi connectivity index (χ4v) is 1.17. The Balaban J connectivity index is 0.00000361. The number of carbonyl (C=O) groups excluding carboxylic acids is 2. The van der Waals surface area contributed by atoms with Gasteiger partial charge in [0.1, 0.15) is 0 Å². The number of carbonyl (C=O) groups is 3. The first-order valence-electron chi connectivity index (χ1n) is 5.21. The molecule has 0 amide bonds. The van der Waals surface area contributed by atoms with Crippen molar-refractivity contribution in [2.45, 2.75) is 18.6 Å². The summed E-state index contributed by atoms with van der Waals surface area (Å²) in [4.78, 5) is 33.5. The zero-order valence-electron chi connectivity index (χ0n) is 10.4. The summed E-state index contributed by atoms with van der Waals surface area (Å²) in [5, 5.41) is 27.2. The van der Waals surface area contributed by atoms with Gasteiger partial charge in [0.2, 0.25) is 0 Å². The number of aliphatic carboxylic acids is 1. The number of aliphatic hydroxyl groups is 2. The van der Waals surface area contributed by atoms with E-state index in [1.54, 1.807) is 6.07 Å². The normalized spacial score (nSPS) is 14.3. The number of benzene rings is 1. The molecule has 8 nitrogen and oxygen atoms in total. The van der Waals surface area contributed by atoms with Gasteiger partial charge in [-0.25, -0.2) is 14.4 Å². The Morgan fingerprint density at radius 3 is 2.15 bits per heavy atom. The number of aliphatic hydroxyl groups excluding tert-OH is 1. The van der Waals surface area contributed by atoms with Crippen LogP contribution >= 0.6 is 0 Å². The van der Waals surface area contributed by atoms with Crippen molar-refractivity contribution in [2.75, 3.05) is 0 Å². The summed E-state index contributed by atoms with van der Waals surface area (Å²) in [6.45, 7) is 0.742. The van der Waals surface area contributed by atoms with Gasteiger partial charge in [-0.1, -0.05) is 18.2 Å². The summed E-state index contributed by atoms with van der Waals surface area (Å²) in [5.74, 6) is -4.41. The Labute approximate surface area is 113 Å². The summed E-state index contributed by atoms with van der Waals surface area (Å²) < 4.78 is 4.32. The smallest absolute Gasteiger partial charge is 0.349 e. The van der Waals surface area contributed by atoms with Gasteiger partial charge in [-0.15, -0.1) is 0 Å². The number of rotatable bonds is 4. The topological polar surface area (TPSA) is 153 Å². The third kappa shape index (κ3) is 3.85. The SMILES string of the molecule is CC(O)(C(=O)OC(=O)c1ccccc1)C(O)C(=O)O.O. The van der Waals surface area contributed by atoms with Crippen LogP contribution in [-0.2, 0) is 14.3 Å². The number of esters is 2. The van der Waals surface area contributed by atoms with Crippen molar-refractivity contribution >= 4 is 17.9 Å². The maximum atomic E-state index is 11.5. The molecule has 110 valence electrons. The molecule has 0 spiro atoms. The largest absolute Gasteiger partial charge is 0.479 e. The zero-order chi connectivity index (χ0) is 14.6. The minimum Gasteiger partial charge on any atom is -0.479 e. The fourth-order valence-electron chi connectivity index (χ4n) is 1.17. The minimum absolute atomic E-state index is 0. The van der Waals surface area contributed by atoms with Crippen LogP contribution in [0.1, 0.15) is 17.3 Å². The van der Waals surface area contributed by atoms with E-state index in [4.69, 9.17) is 10.2 Å². The Bertz CT molecular complexity index is 493. The predicted octanol–water partition coefficient (Wildman–Crippen LogP) is -1.26. The lowest BCUT2D eigenvalue weighted by Crippen LogP contribution is -2.52. The van der Waals surface area contributed by atoms with Crippen molar-refractivity contribution in [3.05, 3.63) is 35.9 Å². The van der Waals surface area contributed by atoms with Crippen LogP contribution in [0.4, 0.5) is 0 Å². The van der Waals surface area contributed by atoms with Gasteiger partial charge in [0.15, 0.2) is 11.7 Å². The summed E-state index contributed by atoms with van der Waals surface area (Å²) in [5.41, 5.74) is -2.67. The molecular formula is C12H14O8. The van der Waals surface area contributed by atoms with E-state index in [2.05, 4.69) is 4.74 Å². The molecule has 0 saturated heterocycles. The molecular weight excluding hydrogens is 272 g/mol. The molecule has 20 heavy (non-hydrogen) atoms. The molecule has 0 aliphatic rings. The van der Waals surface area contributed by atoms with Crippen molar-refractivity contribution in [3.8, 4) is 0 Å². The number of carboxylic acids is 1.